The van der Waals surface area contributed by atoms with Crippen molar-refractivity contribution in [3.63, 3.8) is 0 Å². The fraction of sp³-hybridized carbons (Fsp3) is 1.00. The summed E-state index contributed by atoms with van der Waals surface area (Å²) in [5.41, 5.74) is 6.87. The predicted molar refractivity (Wildman–Crippen MR) is 76.9 cm³/mol. The van der Waals surface area contributed by atoms with Gasteiger partial charge in [0.2, 0.25) is 0 Å². The highest BCUT2D eigenvalue weighted by molar-refractivity contribution is 7.99. The molecule has 1 saturated carbocycles. The minimum absolute atomic E-state index is 0.0594. The van der Waals surface area contributed by atoms with Gasteiger partial charge in [-0.2, -0.15) is 11.8 Å². The van der Waals surface area contributed by atoms with Crippen molar-refractivity contribution in [1.82, 2.24) is 4.90 Å². The number of thioether (sulfide) groups is 1. The van der Waals surface area contributed by atoms with Gasteiger partial charge in [0.25, 0.3) is 0 Å². The van der Waals surface area contributed by atoms with Crippen molar-refractivity contribution in [2.45, 2.75) is 44.4 Å². The Bertz CT molecular complexity index is 330. The molecule has 104 valence electrons. The van der Waals surface area contributed by atoms with Crippen molar-refractivity contribution in [2.75, 3.05) is 31.7 Å². The Morgan fingerprint density at radius 1 is 1.39 bits per heavy atom. The molecule has 0 aromatic heterocycles. The second kappa shape index (κ2) is 4.37. The Kier molecular flexibility index (Phi) is 3.21. The molecule has 3 aliphatic rings. The third-order valence-corrected chi connectivity index (χ3v) is 6.85. The lowest BCUT2D eigenvalue weighted by molar-refractivity contribution is -0.163. The van der Waals surface area contributed by atoms with Crippen molar-refractivity contribution >= 4 is 11.8 Å². The summed E-state index contributed by atoms with van der Waals surface area (Å²) in [7, 11) is 2.25. The van der Waals surface area contributed by atoms with Crippen LogP contribution >= 0.6 is 11.8 Å². The molecular formula is C14H26N2OS. The van der Waals surface area contributed by atoms with Crippen LogP contribution in [0.4, 0.5) is 0 Å². The first-order valence-electron chi connectivity index (χ1n) is 7.15. The zero-order chi connectivity index (χ0) is 13.0. The molecule has 18 heavy (non-hydrogen) atoms. The van der Waals surface area contributed by atoms with Crippen molar-refractivity contribution in [3.8, 4) is 0 Å². The Morgan fingerprint density at radius 3 is 2.83 bits per heavy atom. The molecule has 0 aromatic carbocycles. The molecule has 0 bridgehead atoms. The molecule has 2 N–H and O–H groups in total. The molecular weight excluding hydrogens is 244 g/mol. The second-order valence-corrected chi connectivity index (χ2v) is 8.03. The van der Waals surface area contributed by atoms with Gasteiger partial charge in [-0.05, 0) is 25.6 Å². The van der Waals surface area contributed by atoms with Gasteiger partial charge in [0.05, 0.1) is 6.10 Å². The van der Waals surface area contributed by atoms with E-state index in [-0.39, 0.29) is 11.0 Å². The van der Waals surface area contributed by atoms with E-state index in [2.05, 4.69) is 37.6 Å². The van der Waals surface area contributed by atoms with Crippen LogP contribution in [-0.4, -0.2) is 54.3 Å². The molecule has 2 heterocycles. The Balaban J connectivity index is 1.70. The molecule has 3 rings (SSSR count). The lowest BCUT2D eigenvalue weighted by Gasteiger charge is -2.63. The van der Waals surface area contributed by atoms with E-state index >= 15 is 0 Å². The third-order valence-electron chi connectivity index (χ3n) is 5.70. The van der Waals surface area contributed by atoms with Crippen LogP contribution in [-0.2, 0) is 4.74 Å². The number of ether oxygens (including phenoxy) is 1. The summed E-state index contributed by atoms with van der Waals surface area (Å²) in [4.78, 5) is 2.51. The van der Waals surface area contributed by atoms with Crippen molar-refractivity contribution in [1.29, 1.82) is 0 Å². The highest BCUT2D eigenvalue weighted by atomic mass is 32.2. The van der Waals surface area contributed by atoms with Gasteiger partial charge in [-0.3, -0.25) is 0 Å². The summed E-state index contributed by atoms with van der Waals surface area (Å²) in [6.45, 7) is 6.50. The Hall–Kier alpha value is 0.230. The van der Waals surface area contributed by atoms with Crippen LogP contribution in [0, 0.1) is 11.3 Å². The largest absolute Gasteiger partial charge is 0.377 e. The van der Waals surface area contributed by atoms with Crippen LogP contribution in [0.1, 0.15) is 26.7 Å². The van der Waals surface area contributed by atoms with E-state index in [0.717, 1.165) is 25.6 Å². The van der Waals surface area contributed by atoms with Crippen molar-refractivity contribution < 1.29 is 4.74 Å². The highest BCUT2D eigenvalue weighted by Crippen LogP contribution is 2.58. The van der Waals surface area contributed by atoms with E-state index in [4.69, 9.17) is 10.5 Å². The fourth-order valence-electron chi connectivity index (χ4n) is 4.21. The maximum Gasteiger partial charge on any atom is 0.0691 e. The third kappa shape index (κ3) is 1.69. The maximum absolute atomic E-state index is 6.81. The quantitative estimate of drug-likeness (QED) is 0.845. The van der Waals surface area contributed by atoms with Crippen LogP contribution in [0.2, 0.25) is 0 Å². The molecule has 0 radical (unpaired) electrons. The summed E-state index contributed by atoms with van der Waals surface area (Å²) >= 11 is 2.07. The van der Waals surface area contributed by atoms with E-state index in [9.17, 15) is 0 Å². The minimum Gasteiger partial charge on any atom is -0.377 e. The first-order valence-corrected chi connectivity index (χ1v) is 8.31. The number of hydrogen-bond donors (Lipinski definition) is 1. The molecule has 4 heteroatoms. The summed E-state index contributed by atoms with van der Waals surface area (Å²) in [6.07, 6.45) is 2.87. The summed E-state index contributed by atoms with van der Waals surface area (Å²) in [6, 6.07) is 0.729. The van der Waals surface area contributed by atoms with E-state index < -0.39 is 0 Å². The summed E-state index contributed by atoms with van der Waals surface area (Å²) in [5.74, 6) is 3.16. The topological polar surface area (TPSA) is 38.5 Å². The van der Waals surface area contributed by atoms with Gasteiger partial charge in [-0.1, -0.05) is 13.8 Å². The molecule has 0 amide bonds. The fourth-order valence-corrected chi connectivity index (χ4v) is 5.51. The van der Waals surface area contributed by atoms with Gasteiger partial charge in [0, 0.05) is 41.8 Å². The number of likely N-dealkylation sites (N-methyl/N-ethyl adjacent to an activating group) is 1. The number of nitrogens with zero attached hydrogens (tertiary/aromatic N) is 1. The average Bonchev–Trinajstić information content (AvgIpc) is 2.99. The van der Waals surface area contributed by atoms with E-state index in [0.29, 0.717) is 12.0 Å². The summed E-state index contributed by atoms with van der Waals surface area (Å²) in [5, 5.41) is 0. The molecule has 0 spiro atoms. The molecule has 4 atom stereocenters. The van der Waals surface area contributed by atoms with Crippen LogP contribution in [0.5, 0.6) is 0 Å². The van der Waals surface area contributed by atoms with Gasteiger partial charge in [0.15, 0.2) is 0 Å². The van der Waals surface area contributed by atoms with E-state index in [1.54, 1.807) is 0 Å². The first-order chi connectivity index (χ1) is 8.47. The monoisotopic (exact) mass is 270 g/mol. The average molecular weight is 270 g/mol. The van der Waals surface area contributed by atoms with Crippen LogP contribution in [0.3, 0.4) is 0 Å². The zero-order valence-corrected chi connectivity index (χ0v) is 12.6. The molecule has 0 aromatic rings. The number of fused-ring (bicyclic) bond motifs is 1. The molecule has 3 nitrogen and oxygen atoms in total. The van der Waals surface area contributed by atoms with Crippen LogP contribution in [0.25, 0.3) is 0 Å². The van der Waals surface area contributed by atoms with Gasteiger partial charge < -0.3 is 15.4 Å². The number of hydrogen-bond acceptors (Lipinski definition) is 4. The van der Waals surface area contributed by atoms with Crippen LogP contribution < -0.4 is 5.73 Å². The van der Waals surface area contributed by atoms with Crippen molar-refractivity contribution in [2.24, 2.45) is 17.1 Å². The summed E-state index contributed by atoms with van der Waals surface area (Å²) < 4.78 is 5.87. The zero-order valence-electron chi connectivity index (χ0n) is 11.8. The van der Waals surface area contributed by atoms with Gasteiger partial charge >= 0.3 is 0 Å². The number of nitrogens with two attached hydrogens (primary N) is 1. The minimum atomic E-state index is -0.0594. The molecule has 2 aliphatic heterocycles. The molecule has 2 saturated heterocycles. The highest BCUT2D eigenvalue weighted by Gasteiger charge is 2.67. The SMILES string of the molecule is CN(CC1(N)C2CCOC2C1(C)C)C1CCSC1. The predicted octanol–water partition coefficient (Wildman–Crippen LogP) is 1.57. The van der Waals surface area contributed by atoms with E-state index in [1.807, 2.05) is 0 Å². The van der Waals surface area contributed by atoms with Gasteiger partial charge in [0.1, 0.15) is 0 Å². The van der Waals surface area contributed by atoms with Crippen molar-refractivity contribution in [3.05, 3.63) is 0 Å². The first kappa shape index (κ1) is 13.2. The lowest BCUT2D eigenvalue weighted by atomic mass is 9.48. The standard InChI is InChI=1S/C14H26N2OS/c1-13(2)12-11(4-6-17-12)14(13,15)9-16(3)10-5-7-18-8-10/h10-12H,4-9,15H2,1-3H3. The normalized spacial score (nSPS) is 46.2. The lowest BCUT2D eigenvalue weighted by Crippen LogP contribution is -2.78. The number of rotatable bonds is 3. The Morgan fingerprint density at radius 2 is 2.17 bits per heavy atom. The Labute approximate surface area is 115 Å². The molecule has 1 aliphatic carbocycles. The van der Waals surface area contributed by atoms with E-state index in [1.165, 1.54) is 17.9 Å². The smallest absolute Gasteiger partial charge is 0.0691 e. The second-order valence-electron chi connectivity index (χ2n) is 6.88. The van der Waals surface area contributed by atoms with Gasteiger partial charge in [-0.25, -0.2) is 0 Å². The maximum atomic E-state index is 6.81. The van der Waals surface area contributed by atoms with Gasteiger partial charge in [-0.15, -0.1) is 0 Å². The molecule has 4 unspecified atom stereocenters. The molecule has 3 fully saturated rings. The van der Waals surface area contributed by atoms with Crippen LogP contribution in [0.15, 0.2) is 0 Å².